The molecule has 1 aromatic rings. The van der Waals surface area contributed by atoms with Gasteiger partial charge in [0.15, 0.2) is 0 Å². The van der Waals surface area contributed by atoms with E-state index in [4.69, 9.17) is 9.47 Å². The minimum atomic E-state index is -0.479. The Hall–Kier alpha value is -2.24. The third-order valence-corrected chi connectivity index (χ3v) is 3.70. The predicted octanol–water partition coefficient (Wildman–Crippen LogP) is 3.11. The van der Waals surface area contributed by atoms with E-state index in [2.05, 4.69) is 4.74 Å². The van der Waals surface area contributed by atoms with Gasteiger partial charge in [-0.25, -0.2) is 9.59 Å². The minimum absolute atomic E-state index is 0.271. The molecule has 132 valence electrons. The number of carbonyl (C=O) groups is 2. The van der Waals surface area contributed by atoms with Crippen LogP contribution in [0.1, 0.15) is 37.6 Å². The second-order valence-corrected chi connectivity index (χ2v) is 6.91. The number of likely N-dealkylation sites (tertiary alicyclic amines) is 1. The number of nitrogens with zero attached hydrogens (tertiary/aromatic N) is 1. The summed E-state index contributed by atoms with van der Waals surface area (Å²) in [6.07, 6.45) is 0.617. The summed E-state index contributed by atoms with van der Waals surface area (Å²) in [5.41, 5.74) is 0.00868. The van der Waals surface area contributed by atoms with Gasteiger partial charge in [0.2, 0.25) is 0 Å². The van der Waals surface area contributed by atoms with Crippen LogP contribution in [-0.4, -0.2) is 49.4 Å². The Balaban J connectivity index is 1.79. The van der Waals surface area contributed by atoms with E-state index in [0.717, 1.165) is 6.42 Å². The molecule has 1 aliphatic rings. The smallest absolute Gasteiger partial charge is 0.410 e. The first kappa shape index (κ1) is 18.1. The maximum absolute atomic E-state index is 12.0. The molecule has 0 spiro atoms. The number of rotatable bonds is 4. The van der Waals surface area contributed by atoms with E-state index >= 15 is 0 Å². The normalized spacial score (nSPS) is 17.5. The van der Waals surface area contributed by atoms with Crippen molar-refractivity contribution in [2.75, 3.05) is 26.8 Å². The van der Waals surface area contributed by atoms with Crippen LogP contribution in [0.3, 0.4) is 0 Å². The fraction of sp³-hybridized carbons (Fsp3) is 0.556. The van der Waals surface area contributed by atoms with Gasteiger partial charge < -0.3 is 19.1 Å². The molecule has 0 N–H and O–H groups in total. The van der Waals surface area contributed by atoms with Crippen molar-refractivity contribution in [1.29, 1.82) is 0 Å². The van der Waals surface area contributed by atoms with Crippen LogP contribution < -0.4 is 4.74 Å². The van der Waals surface area contributed by atoms with Crippen molar-refractivity contribution >= 4 is 12.1 Å². The SMILES string of the molecule is COC(=O)c1ccc(OC[C@@H]2CCN(C(=O)OC(C)(C)C)C2)cc1. The van der Waals surface area contributed by atoms with Crippen LogP contribution in [0.15, 0.2) is 24.3 Å². The molecule has 1 heterocycles. The average Bonchev–Trinajstić information content (AvgIpc) is 3.00. The van der Waals surface area contributed by atoms with Crippen LogP contribution in [0.2, 0.25) is 0 Å². The van der Waals surface area contributed by atoms with E-state index < -0.39 is 5.60 Å². The first-order valence-electron chi connectivity index (χ1n) is 8.07. The Morgan fingerprint density at radius 1 is 1.21 bits per heavy atom. The summed E-state index contributed by atoms with van der Waals surface area (Å²) in [6, 6.07) is 6.82. The van der Waals surface area contributed by atoms with Gasteiger partial charge in [0.25, 0.3) is 0 Å². The molecule has 0 radical (unpaired) electrons. The number of carbonyl (C=O) groups excluding carboxylic acids is 2. The lowest BCUT2D eigenvalue weighted by atomic mass is 10.1. The van der Waals surface area contributed by atoms with E-state index in [1.54, 1.807) is 29.2 Å². The fourth-order valence-electron chi connectivity index (χ4n) is 2.48. The van der Waals surface area contributed by atoms with Gasteiger partial charge in [-0.05, 0) is 51.5 Å². The fourth-order valence-corrected chi connectivity index (χ4v) is 2.48. The number of benzene rings is 1. The Morgan fingerprint density at radius 2 is 1.88 bits per heavy atom. The molecule has 0 unspecified atom stereocenters. The monoisotopic (exact) mass is 335 g/mol. The molecule has 1 aromatic carbocycles. The van der Waals surface area contributed by atoms with Crippen LogP contribution in [-0.2, 0) is 9.47 Å². The topological polar surface area (TPSA) is 65.1 Å². The number of ether oxygens (including phenoxy) is 3. The summed E-state index contributed by atoms with van der Waals surface area (Å²) in [5, 5.41) is 0. The highest BCUT2D eigenvalue weighted by Crippen LogP contribution is 2.21. The van der Waals surface area contributed by atoms with Gasteiger partial charge >= 0.3 is 12.1 Å². The summed E-state index contributed by atoms with van der Waals surface area (Å²) < 4.78 is 15.8. The highest BCUT2D eigenvalue weighted by molar-refractivity contribution is 5.89. The molecule has 0 aliphatic carbocycles. The standard InChI is InChI=1S/C18H25NO5/c1-18(2,3)24-17(21)19-10-9-13(11-19)12-23-15-7-5-14(6-8-15)16(20)22-4/h5-8,13H,9-12H2,1-4H3/t13-/m1/s1. The van der Waals surface area contributed by atoms with E-state index in [9.17, 15) is 9.59 Å². The van der Waals surface area contributed by atoms with Crippen molar-refractivity contribution in [3.8, 4) is 5.75 Å². The quantitative estimate of drug-likeness (QED) is 0.791. The Bertz CT molecular complexity index is 576. The van der Waals surface area contributed by atoms with Crippen molar-refractivity contribution in [3.63, 3.8) is 0 Å². The van der Waals surface area contributed by atoms with Crippen LogP contribution >= 0.6 is 0 Å². The zero-order valence-corrected chi connectivity index (χ0v) is 14.7. The van der Waals surface area contributed by atoms with Crippen molar-refractivity contribution < 1.29 is 23.8 Å². The number of hydrogen-bond acceptors (Lipinski definition) is 5. The van der Waals surface area contributed by atoms with Crippen LogP contribution in [0.25, 0.3) is 0 Å². The second-order valence-electron chi connectivity index (χ2n) is 6.91. The van der Waals surface area contributed by atoms with Crippen molar-refractivity contribution in [2.24, 2.45) is 5.92 Å². The molecule has 6 heteroatoms. The Labute approximate surface area is 142 Å². The molecule has 0 saturated carbocycles. The molecule has 1 saturated heterocycles. The molecule has 0 aromatic heterocycles. The number of amides is 1. The van der Waals surface area contributed by atoms with Crippen molar-refractivity contribution in [3.05, 3.63) is 29.8 Å². The third kappa shape index (κ3) is 5.15. The summed E-state index contributed by atoms with van der Waals surface area (Å²) in [5.74, 6) is 0.599. The zero-order valence-electron chi connectivity index (χ0n) is 14.7. The average molecular weight is 335 g/mol. The number of esters is 1. The van der Waals surface area contributed by atoms with Gasteiger partial charge in [-0.3, -0.25) is 0 Å². The summed E-state index contributed by atoms with van der Waals surface area (Å²) in [6.45, 7) is 7.43. The molecule has 2 rings (SSSR count). The van der Waals surface area contributed by atoms with Gasteiger partial charge in [-0.15, -0.1) is 0 Å². The summed E-state index contributed by atoms with van der Waals surface area (Å²) >= 11 is 0. The zero-order chi connectivity index (χ0) is 17.7. The van der Waals surface area contributed by atoms with Gasteiger partial charge in [0.1, 0.15) is 11.4 Å². The van der Waals surface area contributed by atoms with Crippen LogP contribution in [0.4, 0.5) is 4.79 Å². The maximum Gasteiger partial charge on any atom is 0.410 e. The predicted molar refractivity (Wildman–Crippen MR) is 89.2 cm³/mol. The van der Waals surface area contributed by atoms with Gasteiger partial charge in [0, 0.05) is 19.0 Å². The second kappa shape index (κ2) is 7.55. The van der Waals surface area contributed by atoms with E-state index in [1.165, 1.54) is 7.11 Å². The molecular formula is C18H25NO5. The molecule has 24 heavy (non-hydrogen) atoms. The number of methoxy groups -OCH3 is 1. The Kier molecular flexibility index (Phi) is 5.70. The number of hydrogen-bond donors (Lipinski definition) is 0. The highest BCUT2D eigenvalue weighted by atomic mass is 16.6. The molecule has 6 nitrogen and oxygen atoms in total. The first-order valence-corrected chi connectivity index (χ1v) is 8.07. The van der Waals surface area contributed by atoms with E-state index in [1.807, 2.05) is 20.8 Å². The molecule has 1 amide bonds. The lowest BCUT2D eigenvalue weighted by Gasteiger charge is -2.24. The molecular weight excluding hydrogens is 310 g/mol. The Morgan fingerprint density at radius 3 is 2.46 bits per heavy atom. The summed E-state index contributed by atoms with van der Waals surface area (Å²) in [7, 11) is 1.35. The van der Waals surface area contributed by atoms with E-state index in [0.29, 0.717) is 31.0 Å². The highest BCUT2D eigenvalue weighted by Gasteiger charge is 2.30. The largest absolute Gasteiger partial charge is 0.493 e. The van der Waals surface area contributed by atoms with Gasteiger partial charge in [0.05, 0.1) is 19.3 Å². The van der Waals surface area contributed by atoms with Crippen LogP contribution in [0, 0.1) is 5.92 Å². The molecule has 1 fully saturated rings. The van der Waals surface area contributed by atoms with Gasteiger partial charge in [-0.2, -0.15) is 0 Å². The molecule has 1 aliphatic heterocycles. The van der Waals surface area contributed by atoms with Gasteiger partial charge in [-0.1, -0.05) is 0 Å². The first-order chi connectivity index (χ1) is 11.3. The maximum atomic E-state index is 12.0. The van der Waals surface area contributed by atoms with E-state index in [-0.39, 0.29) is 18.0 Å². The molecule has 1 atom stereocenters. The van der Waals surface area contributed by atoms with Crippen LogP contribution in [0.5, 0.6) is 5.75 Å². The lowest BCUT2D eigenvalue weighted by molar-refractivity contribution is 0.0284. The molecule has 0 bridgehead atoms. The summed E-state index contributed by atoms with van der Waals surface area (Å²) in [4.78, 5) is 25.1. The minimum Gasteiger partial charge on any atom is -0.493 e. The third-order valence-electron chi connectivity index (χ3n) is 3.70. The lowest BCUT2D eigenvalue weighted by Crippen LogP contribution is -2.35. The van der Waals surface area contributed by atoms with Crippen molar-refractivity contribution in [2.45, 2.75) is 32.8 Å². The van der Waals surface area contributed by atoms with Crippen molar-refractivity contribution in [1.82, 2.24) is 4.90 Å².